The molecule has 106 valence electrons. The van der Waals surface area contributed by atoms with Crippen molar-refractivity contribution >= 4 is 11.6 Å². The number of rotatable bonds is 6. The molecule has 1 saturated carbocycles. The first-order chi connectivity index (χ1) is 8.97. The first kappa shape index (κ1) is 14.1. The van der Waals surface area contributed by atoms with Crippen LogP contribution >= 0.6 is 0 Å². The molecule has 1 aromatic rings. The summed E-state index contributed by atoms with van der Waals surface area (Å²) in [5, 5.41) is 3.32. The molecule has 0 bridgehead atoms. The van der Waals surface area contributed by atoms with Gasteiger partial charge >= 0.3 is 0 Å². The van der Waals surface area contributed by atoms with Gasteiger partial charge in [-0.2, -0.15) is 0 Å². The van der Waals surface area contributed by atoms with Gasteiger partial charge in [-0.15, -0.1) is 0 Å². The Morgan fingerprint density at radius 1 is 1.32 bits per heavy atom. The van der Waals surface area contributed by atoms with Gasteiger partial charge in [-0.3, -0.25) is 0 Å². The maximum absolute atomic E-state index is 4.77. The molecule has 1 fully saturated rings. The van der Waals surface area contributed by atoms with Crippen LogP contribution in [-0.4, -0.2) is 29.1 Å². The highest BCUT2D eigenvalue weighted by Crippen LogP contribution is 2.39. The molecule has 1 aliphatic carbocycles. The average Bonchev–Trinajstić information content (AvgIpc) is 3.22. The van der Waals surface area contributed by atoms with Crippen molar-refractivity contribution in [2.24, 2.45) is 0 Å². The van der Waals surface area contributed by atoms with E-state index in [9.17, 15) is 0 Å². The number of hydrogen-bond acceptors (Lipinski definition) is 4. The van der Waals surface area contributed by atoms with Gasteiger partial charge in [-0.05, 0) is 40.0 Å². The van der Waals surface area contributed by atoms with Crippen molar-refractivity contribution in [1.29, 1.82) is 0 Å². The first-order valence-electron chi connectivity index (χ1n) is 7.34. The van der Waals surface area contributed by atoms with E-state index in [0.29, 0.717) is 5.92 Å². The summed E-state index contributed by atoms with van der Waals surface area (Å²) < 4.78 is 0. The van der Waals surface area contributed by atoms with Gasteiger partial charge in [0.25, 0.3) is 0 Å². The Balaban J connectivity index is 2.32. The van der Waals surface area contributed by atoms with E-state index in [2.05, 4.69) is 56.0 Å². The zero-order valence-corrected chi connectivity index (χ0v) is 12.8. The van der Waals surface area contributed by atoms with Gasteiger partial charge in [-0.1, -0.05) is 6.92 Å². The summed E-state index contributed by atoms with van der Waals surface area (Å²) in [6.45, 7) is 9.70. The van der Waals surface area contributed by atoms with Crippen LogP contribution in [0.1, 0.15) is 58.7 Å². The molecule has 1 aliphatic rings. The summed E-state index contributed by atoms with van der Waals surface area (Å²) in [5.74, 6) is 3.57. The predicted octanol–water partition coefficient (Wildman–Crippen LogP) is 3.41. The maximum Gasteiger partial charge on any atom is 0.136 e. The molecule has 0 spiro atoms. The van der Waals surface area contributed by atoms with Crippen LogP contribution in [0.3, 0.4) is 0 Å². The standard InChI is InChI=1S/C15H26N4/c1-6-15(3,4)19(5)13-10-12(16-7-2)17-14(18-13)11-8-9-11/h10-11H,6-9H2,1-5H3,(H,16,17,18). The Hall–Kier alpha value is -1.32. The van der Waals surface area contributed by atoms with E-state index in [1.807, 2.05) is 0 Å². The van der Waals surface area contributed by atoms with Crippen molar-refractivity contribution < 1.29 is 0 Å². The molecule has 0 aromatic carbocycles. The fourth-order valence-electron chi connectivity index (χ4n) is 1.97. The van der Waals surface area contributed by atoms with Crippen molar-refractivity contribution in [1.82, 2.24) is 9.97 Å². The molecule has 0 saturated heterocycles. The lowest BCUT2D eigenvalue weighted by Crippen LogP contribution is -2.41. The highest BCUT2D eigenvalue weighted by atomic mass is 15.2. The van der Waals surface area contributed by atoms with Crippen LogP contribution in [0, 0.1) is 0 Å². The van der Waals surface area contributed by atoms with Crippen LogP contribution in [0.4, 0.5) is 11.6 Å². The largest absolute Gasteiger partial charge is 0.370 e. The highest BCUT2D eigenvalue weighted by molar-refractivity contribution is 5.51. The fourth-order valence-corrected chi connectivity index (χ4v) is 1.97. The van der Waals surface area contributed by atoms with E-state index in [4.69, 9.17) is 4.98 Å². The topological polar surface area (TPSA) is 41.0 Å². The van der Waals surface area contributed by atoms with Gasteiger partial charge < -0.3 is 10.2 Å². The second-order valence-electron chi connectivity index (χ2n) is 6.00. The summed E-state index contributed by atoms with van der Waals surface area (Å²) in [6.07, 6.45) is 3.55. The lowest BCUT2D eigenvalue weighted by molar-refractivity contribution is 0.466. The van der Waals surface area contributed by atoms with Gasteiger partial charge in [-0.25, -0.2) is 9.97 Å². The molecular formula is C15H26N4. The van der Waals surface area contributed by atoms with E-state index in [-0.39, 0.29) is 5.54 Å². The van der Waals surface area contributed by atoms with Crippen molar-refractivity contribution in [2.75, 3.05) is 23.8 Å². The second-order valence-corrected chi connectivity index (χ2v) is 6.00. The minimum Gasteiger partial charge on any atom is -0.370 e. The van der Waals surface area contributed by atoms with Crippen LogP contribution in [0.25, 0.3) is 0 Å². The minimum absolute atomic E-state index is 0.110. The predicted molar refractivity (Wildman–Crippen MR) is 80.9 cm³/mol. The lowest BCUT2D eigenvalue weighted by atomic mass is 10.00. The summed E-state index contributed by atoms with van der Waals surface area (Å²) in [7, 11) is 2.12. The second kappa shape index (κ2) is 5.35. The molecule has 1 aromatic heterocycles. The van der Waals surface area contributed by atoms with Gasteiger partial charge in [0.2, 0.25) is 0 Å². The van der Waals surface area contributed by atoms with Gasteiger partial charge in [0.15, 0.2) is 0 Å². The molecular weight excluding hydrogens is 236 g/mol. The van der Waals surface area contributed by atoms with E-state index < -0.39 is 0 Å². The number of anilines is 2. The molecule has 19 heavy (non-hydrogen) atoms. The summed E-state index contributed by atoms with van der Waals surface area (Å²) >= 11 is 0. The summed E-state index contributed by atoms with van der Waals surface area (Å²) in [5.41, 5.74) is 0.110. The highest BCUT2D eigenvalue weighted by Gasteiger charge is 2.29. The van der Waals surface area contributed by atoms with Crippen LogP contribution in [0.15, 0.2) is 6.07 Å². The minimum atomic E-state index is 0.110. The molecule has 2 rings (SSSR count). The SMILES string of the molecule is CCNc1cc(N(C)C(C)(C)CC)nc(C2CC2)n1. The normalized spacial score (nSPS) is 15.4. The van der Waals surface area contributed by atoms with E-state index in [1.54, 1.807) is 0 Å². The quantitative estimate of drug-likeness (QED) is 0.853. The third-order valence-electron chi connectivity index (χ3n) is 4.15. The average molecular weight is 262 g/mol. The molecule has 4 nitrogen and oxygen atoms in total. The fraction of sp³-hybridized carbons (Fsp3) is 0.733. The third-order valence-corrected chi connectivity index (χ3v) is 4.15. The van der Waals surface area contributed by atoms with Crippen LogP contribution < -0.4 is 10.2 Å². The molecule has 1 heterocycles. The summed E-state index contributed by atoms with van der Waals surface area (Å²) in [4.78, 5) is 11.7. The Morgan fingerprint density at radius 3 is 2.53 bits per heavy atom. The van der Waals surface area contributed by atoms with Crippen LogP contribution in [-0.2, 0) is 0 Å². The Morgan fingerprint density at radius 2 is 2.00 bits per heavy atom. The van der Waals surface area contributed by atoms with Gasteiger partial charge in [0, 0.05) is 31.1 Å². The zero-order chi connectivity index (χ0) is 14.0. The van der Waals surface area contributed by atoms with E-state index in [1.165, 1.54) is 12.8 Å². The number of hydrogen-bond donors (Lipinski definition) is 1. The first-order valence-corrected chi connectivity index (χ1v) is 7.34. The van der Waals surface area contributed by atoms with Gasteiger partial charge in [0.05, 0.1) is 0 Å². The molecule has 0 radical (unpaired) electrons. The lowest BCUT2D eigenvalue weighted by Gasteiger charge is -2.36. The Kier molecular flexibility index (Phi) is 3.97. The summed E-state index contributed by atoms with van der Waals surface area (Å²) in [6, 6.07) is 2.06. The molecule has 0 amide bonds. The monoisotopic (exact) mass is 262 g/mol. The Labute approximate surface area is 116 Å². The van der Waals surface area contributed by atoms with Crippen LogP contribution in [0.2, 0.25) is 0 Å². The number of nitrogens with one attached hydrogen (secondary N) is 1. The van der Waals surface area contributed by atoms with E-state index >= 15 is 0 Å². The molecule has 0 aliphatic heterocycles. The molecule has 1 N–H and O–H groups in total. The number of nitrogens with zero attached hydrogens (tertiary/aromatic N) is 3. The maximum atomic E-state index is 4.77. The molecule has 0 unspecified atom stereocenters. The van der Waals surface area contributed by atoms with Crippen molar-refractivity contribution in [3.63, 3.8) is 0 Å². The van der Waals surface area contributed by atoms with Crippen LogP contribution in [0.5, 0.6) is 0 Å². The smallest absolute Gasteiger partial charge is 0.136 e. The third kappa shape index (κ3) is 3.17. The van der Waals surface area contributed by atoms with Crippen molar-refractivity contribution in [3.05, 3.63) is 11.9 Å². The number of aromatic nitrogens is 2. The van der Waals surface area contributed by atoms with Gasteiger partial charge in [0.1, 0.15) is 17.5 Å². The van der Waals surface area contributed by atoms with Crippen molar-refractivity contribution in [2.45, 2.75) is 58.4 Å². The molecule has 4 heteroatoms. The molecule has 0 atom stereocenters. The van der Waals surface area contributed by atoms with Crippen molar-refractivity contribution in [3.8, 4) is 0 Å². The van der Waals surface area contributed by atoms with E-state index in [0.717, 1.165) is 30.4 Å². The zero-order valence-electron chi connectivity index (χ0n) is 12.8. The Bertz CT molecular complexity index is 438.